The first-order valence-corrected chi connectivity index (χ1v) is 11.7. The fourth-order valence-electron chi connectivity index (χ4n) is 4.46. The van der Waals surface area contributed by atoms with Crippen molar-refractivity contribution in [3.8, 4) is 17.3 Å². The number of pyridine rings is 2. The van der Waals surface area contributed by atoms with Crippen molar-refractivity contribution in [2.24, 2.45) is 0 Å². The van der Waals surface area contributed by atoms with Gasteiger partial charge in [0.15, 0.2) is 11.6 Å². The summed E-state index contributed by atoms with van der Waals surface area (Å²) in [6.45, 7) is 1.76. The lowest BCUT2D eigenvalue weighted by Gasteiger charge is -2.22. The highest BCUT2D eigenvalue weighted by atomic mass is 19.1. The molecule has 1 aliphatic rings. The number of fused-ring (bicyclic) bond motifs is 2. The van der Waals surface area contributed by atoms with Gasteiger partial charge in [-0.1, -0.05) is 12.1 Å². The van der Waals surface area contributed by atoms with Crippen molar-refractivity contribution in [2.75, 3.05) is 12.0 Å². The summed E-state index contributed by atoms with van der Waals surface area (Å²) in [6.07, 6.45) is 2.69. The molecule has 0 radical (unpaired) electrons. The van der Waals surface area contributed by atoms with Gasteiger partial charge in [0.2, 0.25) is 5.88 Å². The summed E-state index contributed by atoms with van der Waals surface area (Å²) in [5.41, 5.74) is 2.07. The van der Waals surface area contributed by atoms with Gasteiger partial charge in [-0.2, -0.15) is 5.10 Å². The number of carbonyl (C=O) groups excluding carboxylic acids is 2. The van der Waals surface area contributed by atoms with Crippen molar-refractivity contribution in [3.05, 3.63) is 102 Å². The second kappa shape index (κ2) is 9.07. The molecule has 0 unspecified atom stereocenters. The first-order chi connectivity index (χ1) is 18.4. The largest absolute Gasteiger partial charge is 0.481 e. The van der Waals surface area contributed by atoms with Crippen LogP contribution in [-0.4, -0.2) is 38.7 Å². The van der Waals surface area contributed by atoms with Gasteiger partial charge in [-0.25, -0.2) is 23.9 Å². The maximum absolute atomic E-state index is 14.1. The Bertz CT molecular complexity index is 1690. The number of ether oxygens (including phenoxy) is 2. The fourth-order valence-corrected chi connectivity index (χ4v) is 4.46. The van der Waals surface area contributed by atoms with Gasteiger partial charge in [-0.15, -0.1) is 0 Å². The number of methoxy groups -OCH3 is 1. The van der Waals surface area contributed by atoms with E-state index in [4.69, 9.17) is 9.47 Å². The summed E-state index contributed by atoms with van der Waals surface area (Å²) < 4.78 is 27.4. The maximum atomic E-state index is 14.1. The third-order valence-corrected chi connectivity index (χ3v) is 6.25. The van der Waals surface area contributed by atoms with E-state index in [1.165, 1.54) is 25.3 Å². The standard InChI is InChI=1S/C28H20FN5O4/c1-16(25-22(33-13-5-12-30-33)10-11-24(32-25)37-2)38-23-15-17-14-18(29)8-9-21(17)31-26(23)34-27(35)19-6-3-4-7-20(19)28(34)36/h3-16H,1-2H3/t16-/m0/s1. The Balaban J connectivity index is 1.48. The Morgan fingerprint density at radius 1 is 0.921 bits per heavy atom. The number of anilines is 1. The molecule has 2 aromatic carbocycles. The molecule has 3 aromatic heterocycles. The van der Waals surface area contributed by atoms with Crippen LogP contribution in [0.3, 0.4) is 0 Å². The first kappa shape index (κ1) is 23.3. The number of nitrogens with zero attached hydrogens (tertiary/aromatic N) is 5. The zero-order valence-corrected chi connectivity index (χ0v) is 20.3. The van der Waals surface area contributed by atoms with E-state index in [9.17, 15) is 14.0 Å². The minimum atomic E-state index is -0.717. The van der Waals surface area contributed by atoms with Crippen molar-refractivity contribution in [3.63, 3.8) is 0 Å². The van der Waals surface area contributed by atoms with Gasteiger partial charge in [0.25, 0.3) is 11.8 Å². The van der Waals surface area contributed by atoms with Crippen molar-refractivity contribution in [1.82, 2.24) is 19.7 Å². The van der Waals surface area contributed by atoms with Crippen LogP contribution in [0.4, 0.5) is 10.2 Å². The van der Waals surface area contributed by atoms with Gasteiger partial charge in [0.05, 0.1) is 29.4 Å². The summed E-state index contributed by atoms with van der Waals surface area (Å²) in [5, 5.41) is 4.74. The van der Waals surface area contributed by atoms with Gasteiger partial charge >= 0.3 is 0 Å². The van der Waals surface area contributed by atoms with Crippen LogP contribution in [-0.2, 0) is 0 Å². The van der Waals surface area contributed by atoms with Crippen LogP contribution in [0.25, 0.3) is 16.6 Å². The molecule has 5 aromatic rings. The number of aromatic nitrogens is 4. The quantitative estimate of drug-likeness (QED) is 0.300. The van der Waals surface area contributed by atoms with Gasteiger partial charge in [0.1, 0.15) is 17.6 Å². The Labute approximate surface area is 216 Å². The van der Waals surface area contributed by atoms with Gasteiger partial charge < -0.3 is 9.47 Å². The SMILES string of the molecule is COc1ccc(-n2cccn2)c([C@H](C)Oc2cc3cc(F)ccc3nc2N2C(=O)c3ccccc3C2=O)n1. The molecule has 38 heavy (non-hydrogen) atoms. The lowest BCUT2D eigenvalue weighted by molar-refractivity contribution is 0.0922. The molecule has 1 atom stereocenters. The molecule has 10 heteroatoms. The molecule has 0 spiro atoms. The van der Waals surface area contributed by atoms with Crippen LogP contribution in [0, 0.1) is 5.82 Å². The highest BCUT2D eigenvalue weighted by molar-refractivity contribution is 6.34. The predicted molar refractivity (Wildman–Crippen MR) is 136 cm³/mol. The Morgan fingerprint density at radius 3 is 2.37 bits per heavy atom. The highest BCUT2D eigenvalue weighted by Gasteiger charge is 2.39. The molecule has 4 heterocycles. The smallest absolute Gasteiger partial charge is 0.267 e. The van der Waals surface area contributed by atoms with Crippen LogP contribution < -0.4 is 14.4 Å². The number of amides is 2. The second-order valence-electron chi connectivity index (χ2n) is 8.61. The van der Waals surface area contributed by atoms with Crippen LogP contribution in [0.15, 0.2) is 79.1 Å². The van der Waals surface area contributed by atoms with Crippen LogP contribution in [0.5, 0.6) is 11.6 Å². The normalized spacial score (nSPS) is 13.6. The monoisotopic (exact) mass is 509 g/mol. The van der Waals surface area contributed by atoms with E-state index >= 15 is 0 Å². The summed E-state index contributed by atoms with van der Waals surface area (Å²) in [5.74, 6) is -1.01. The van der Waals surface area contributed by atoms with Crippen molar-refractivity contribution >= 4 is 28.5 Å². The average Bonchev–Trinajstić information content (AvgIpc) is 3.55. The van der Waals surface area contributed by atoms with Gasteiger partial charge in [-0.3, -0.25) is 9.59 Å². The van der Waals surface area contributed by atoms with Crippen molar-refractivity contribution in [2.45, 2.75) is 13.0 Å². The van der Waals surface area contributed by atoms with Gasteiger partial charge in [0, 0.05) is 23.8 Å². The Kier molecular flexibility index (Phi) is 5.56. The van der Waals surface area contributed by atoms with E-state index in [-0.39, 0.29) is 22.7 Å². The number of benzene rings is 2. The molecular weight excluding hydrogens is 489 g/mol. The van der Waals surface area contributed by atoms with Crippen LogP contribution in [0.2, 0.25) is 0 Å². The molecule has 0 saturated heterocycles. The first-order valence-electron chi connectivity index (χ1n) is 11.7. The highest BCUT2D eigenvalue weighted by Crippen LogP contribution is 2.38. The zero-order valence-electron chi connectivity index (χ0n) is 20.3. The number of rotatable bonds is 6. The molecule has 0 aliphatic carbocycles. The molecular formula is C28H20FN5O4. The molecule has 1 aliphatic heterocycles. The van der Waals surface area contributed by atoms with Gasteiger partial charge in [-0.05, 0) is 55.5 Å². The van der Waals surface area contributed by atoms with Crippen molar-refractivity contribution < 1.29 is 23.5 Å². The number of hydrogen-bond donors (Lipinski definition) is 0. The Morgan fingerprint density at radius 2 is 1.68 bits per heavy atom. The molecule has 2 amide bonds. The third-order valence-electron chi connectivity index (χ3n) is 6.25. The van der Waals surface area contributed by atoms with Crippen LogP contribution >= 0.6 is 0 Å². The molecule has 0 N–H and O–H groups in total. The summed E-state index contributed by atoms with van der Waals surface area (Å²) in [4.78, 5) is 36.7. The predicted octanol–water partition coefficient (Wildman–Crippen LogP) is 4.90. The summed E-state index contributed by atoms with van der Waals surface area (Å²) >= 11 is 0. The maximum Gasteiger partial charge on any atom is 0.267 e. The number of imide groups is 1. The minimum absolute atomic E-state index is 0.00527. The zero-order chi connectivity index (χ0) is 26.4. The molecule has 9 nitrogen and oxygen atoms in total. The topological polar surface area (TPSA) is 99.4 Å². The molecule has 188 valence electrons. The van der Waals surface area contributed by atoms with Crippen molar-refractivity contribution in [1.29, 1.82) is 0 Å². The lowest BCUT2D eigenvalue weighted by Crippen LogP contribution is -2.31. The molecule has 0 bridgehead atoms. The number of carbonyl (C=O) groups is 2. The van der Waals surface area contributed by atoms with E-state index in [0.717, 1.165) is 4.90 Å². The van der Waals surface area contributed by atoms with E-state index in [0.29, 0.717) is 28.2 Å². The Hall–Kier alpha value is -5.12. The average molecular weight is 509 g/mol. The number of hydrogen-bond acceptors (Lipinski definition) is 7. The molecule has 6 rings (SSSR count). The van der Waals surface area contributed by atoms with E-state index in [1.54, 1.807) is 72.5 Å². The lowest BCUT2D eigenvalue weighted by atomic mass is 10.1. The second-order valence-corrected chi connectivity index (χ2v) is 8.61. The van der Waals surface area contributed by atoms with E-state index in [2.05, 4.69) is 15.1 Å². The summed E-state index contributed by atoms with van der Waals surface area (Å²) in [6, 6.07) is 17.5. The molecule has 0 fully saturated rings. The van der Waals surface area contributed by atoms with E-state index in [1.807, 2.05) is 0 Å². The van der Waals surface area contributed by atoms with Crippen LogP contribution in [0.1, 0.15) is 39.4 Å². The van der Waals surface area contributed by atoms with E-state index < -0.39 is 23.7 Å². The third kappa shape index (κ3) is 3.83. The number of halogens is 1. The fraction of sp³-hybridized carbons (Fsp3) is 0.107. The molecule has 0 saturated carbocycles. The summed E-state index contributed by atoms with van der Waals surface area (Å²) in [7, 11) is 1.51. The minimum Gasteiger partial charge on any atom is -0.481 e.